The van der Waals surface area contributed by atoms with Crippen LogP contribution in [0.3, 0.4) is 0 Å². The third kappa shape index (κ3) is 2.21. The molecule has 1 aliphatic heterocycles. The molecule has 102 valence electrons. The van der Waals surface area contributed by atoms with Gasteiger partial charge in [-0.3, -0.25) is 4.90 Å². The lowest BCUT2D eigenvalue weighted by molar-refractivity contribution is 0.140. The van der Waals surface area contributed by atoms with Crippen LogP contribution in [-0.2, 0) is 19.6 Å². The minimum atomic E-state index is 0.531. The molecular weight excluding hydrogens is 236 g/mol. The smallest absolute Gasteiger partial charge is 0.0948 e. The molecule has 2 aromatic heterocycles. The first-order chi connectivity index (χ1) is 9.33. The number of hydrogen-bond donors (Lipinski definition) is 0. The molecule has 1 atom stereocenters. The Kier molecular flexibility index (Phi) is 3.42. The van der Waals surface area contributed by atoms with Gasteiger partial charge in [0.15, 0.2) is 0 Å². The number of imidazole rings is 1. The molecule has 0 fully saturated rings. The maximum atomic E-state index is 4.27. The quantitative estimate of drug-likeness (QED) is 0.842. The zero-order chi connectivity index (χ0) is 13.2. The number of nitrogens with zero attached hydrogens (tertiary/aromatic N) is 4. The number of fused-ring (bicyclic) bond motifs is 1. The lowest BCUT2D eigenvalue weighted by Gasteiger charge is -2.36. The molecular formula is C15H22N4. The Hall–Kier alpha value is -1.55. The molecule has 2 aromatic rings. The van der Waals surface area contributed by atoms with Crippen LogP contribution in [0.25, 0.3) is 0 Å². The van der Waals surface area contributed by atoms with Crippen molar-refractivity contribution in [2.75, 3.05) is 6.54 Å². The van der Waals surface area contributed by atoms with E-state index in [2.05, 4.69) is 51.2 Å². The molecule has 0 saturated carbocycles. The Morgan fingerprint density at radius 2 is 2.21 bits per heavy atom. The van der Waals surface area contributed by atoms with Crippen LogP contribution < -0.4 is 0 Å². The van der Waals surface area contributed by atoms with Crippen LogP contribution in [0, 0.1) is 0 Å². The SMILES string of the molecule is CCC1c2cccn2CCN1Cc1cncn1CC. The third-order valence-electron chi connectivity index (χ3n) is 4.17. The highest BCUT2D eigenvalue weighted by atomic mass is 15.2. The van der Waals surface area contributed by atoms with Gasteiger partial charge in [-0.25, -0.2) is 4.98 Å². The van der Waals surface area contributed by atoms with Gasteiger partial charge in [0.05, 0.1) is 18.1 Å². The van der Waals surface area contributed by atoms with E-state index in [1.54, 1.807) is 0 Å². The average molecular weight is 258 g/mol. The van der Waals surface area contributed by atoms with Crippen LogP contribution in [-0.4, -0.2) is 25.6 Å². The first kappa shape index (κ1) is 12.5. The molecule has 3 heterocycles. The van der Waals surface area contributed by atoms with E-state index in [1.807, 2.05) is 12.5 Å². The van der Waals surface area contributed by atoms with Gasteiger partial charge in [-0.05, 0) is 25.5 Å². The molecule has 1 aliphatic rings. The Labute approximate surface area is 114 Å². The van der Waals surface area contributed by atoms with E-state index in [-0.39, 0.29) is 0 Å². The second kappa shape index (κ2) is 5.21. The van der Waals surface area contributed by atoms with Gasteiger partial charge in [-0.1, -0.05) is 6.92 Å². The van der Waals surface area contributed by atoms with E-state index in [0.29, 0.717) is 6.04 Å². The molecule has 4 heteroatoms. The summed E-state index contributed by atoms with van der Waals surface area (Å²) in [6.07, 6.45) is 7.29. The molecule has 0 aliphatic carbocycles. The molecule has 0 radical (unpaired) electrons. The summed E-state index contributed by atoms with van der Waals surface area (Å²) in [5.74, 6) is 0. The Morgan fingerprint density at radius 1 is 1.32 bits per heavy atom. The van der Waals surface area contributed by atoms with Crippen LogP contribution in [0.2, 0.25) is 0 Å². The Bertz CT molecular complexity index is 540. The van der Waals surface area contributed by atoms with E-state index >= 15 is 0 Å². The lowest BCUT2D eigenvalue weighted by Crippen LogP contribution is -2.37. The first-order valence-corrected chi connectivity index (χ1v) is 7.21. The maximum absolute atomic E-state index is 4.27. The molecule has 19 heavy (non-hydrogen) atoms. The fourth-order valence-electron chi connectivity index (χ4n) is 3.14. The summed E-state index contributed by atoms with van der Waals surface area (Å²) < 4.78 is 4.63. The predicted molar refractivity (Wildman–Crippen MR) is 75.8 cm³/mol. The number of aromatic nitrogens is 3. The van der Waals surface area contributed by atoms with E-state index in [0.717, 1.165) is 32.6 Å². The van der Waals surface area contributed by atoms with Gasteiger partial charge in [0.1, 0.15) is 0 Å². The first-order valence-electron chi connectivity index (χ1n) is 7.21. The summed E-state index contributed by atoms with van der Waals surface area (Å²) in [6, 6.07) is 4.96. The molecule has 0 bridgehead atoms. The van der Waals surface area contributed by atoms with E-state index in [1.165, 1.54) is 11.4 Å². The Morgan fingerprint density at radius 3 is 3.00 bits per heavy atom. The monoisotopic (exact) mass is 258 g/mol. The fourth-order valence-corrected chi connectivity index (χ4v) is 3.14. The third-order valence-corrected chi connectivity index (χ3v) is 4.17. The standard InChI is InChI=1S/C15H22N4/c1-3-14-15-6-5-7-18(15)8-9-19(14)11-13-10-16-12-17(13)4-2/h5-7,10,12,14H,3-4,8-9,11H2,1-2H3. The lowest BCUT2D eigenvalue weighted by atomic mass is 10.1. The number of hydrogen-bond acceptors (Lipinski definition) is 2. The van der Waals surface area contributed by atoms with Crippen LogP contribution in [0.15, 0.2) is 30.9 Å². The number of aryl methyl sites for hydroxylation is 1. The van der Waals surface area contributed by atoms with Crippen LogP contribution >= 0.6 is 0 Å². The van der Waals surface area contributed by atoms with Gasteiger partial charge in [0.25, 0.3) is 0 Å². The summed E-state index contributed by atoms with van der Waals surface area (Å²) in [6.45, 7) is 8.66. The fraction of sp³-hybridized carbons (Fsp3) is 0.533. The highest BCUT2D eigenvalue weighted by molar-refractivity contribution is 5.15. The van der Waals surface area contributed by atoms with E-state index in [4.69, 9.17) is 0 Å². The van der Waals surface area contributed by atoms with Crippen molar-refractivity contribution < 1.29 is 0 Å². The van der Waals surface area contributed by atoms with Crippen LogP contribution in [0.5, 0.6) is 0 Å². The molecule has 3 rings (SSSR count). The summed E-state index contributed by atoms with van der Waals surface area (Å²) in [7, 11) is 0. The highest BCUT2D eigenvalue weighted by Gasteiger charge is 2.26. The highest BCUT2D eigenvalue weighted by Crippen LogP contribution is 2.29. The number of rotatable bonds is 4. The van der Waals surface area contributed by atoms with Gasteiger partial charge in [0.2, 0.25) is 0 Å². The minimum Gasteiger partial charge on any atom is -0.349 e. The van der Waals surface area contributed by atoms with E-state index < -0.39 is 0 Å². The van der Waals surface area contributed by atoms with Crippen molar-refractivity contribution in [2.45, 2.75) is 45.9 Å². The molecule has 0 aromatic carbocycles. The van der Waals surface area contributed by atoms with Crippen LogP contribution in [0.4, 0.5) is 0 Å². The van der Waals surface area contributed by atoms with Crippen molar-refractivity contribution in [3.05, 3.63) is 42.2 Å². The van der Waals surface area contributed by atoms with Gasteiger partial charge in [0, 0.05) is 44.3 Å². The zero-order valence-corrected chi connectivity index (χ0v) is 11.8. The molecule has 0 spiro atoms. The molecule has 0 amide bonds. The van der Waals surface area contributed by atoms with Crippen molar-refractivity contribution in [1.29, 1.82) is 0 Å². The van der Waals surface area contributed by atoms with Gasteiger partial charge >= 0.3 is 0 Å². The van der Waals surface area contributed by atoms with Gasteiger partial charge < -0.3 is 9.13 Å². The van der Waals surface area contributed by atoms with E-state index in [9.17, 15) is 0 Å². The van der Waals surface area contributed by atoms with Gasteiger partial charge in [-0.2, -0.15) is 0 Å². The normalized spacial score (nSPS) is 19.6. The topological polar surface area (TPSA) is 26.0 Å². The minimum absolute atomic E-state index is 0.531. The predicted octanol–water partition coefficient (Wildman–Crippen LogP) is 2.67. The molecule has 1 unspecified atom stereocenters. The molecule has 4 nitrogen and oxygen atoms in total. The summed E-state index contributed by atoms with van der Waals surface area (Å²) in [5, 5.41) is 0. The molecule has 0 saturated heterocycles. The summed E-state index contributed by atoms with van der Waals surface area (Å²) in [4.78, 5) is 6.86. The maximum Gasteiger partial charge on any atom is 0.0948 e. The van der Waals surface area contributed by atoms with Crippen molar-refractivity contribution in [3.8, 4) is 0 Å². The second-order valence-electron chi connectivity index (χ2n) is 5.19. The zero-order valence-electron chi connectivity index (χ0n) is 11.8. The summed E-state index contributed by atoms with van der Waals surface area (Å²) in [5.41, 5.74) is 2.78. The second-order valence-corrected chi connectivity index (χ2v) is 5.19. The largest absolute Gasteiger partial charge is 0.349 e. The van der Waals surface area contributed by atoms with Crippen LogP contribution in [0.1, 0.15) is 37.7 Å². The van der Waals surface area contributed by atoms with Crippen molar-refractivity contribution in [1.82, 2.24) is 19.0 Å². The van der Waals surface area contributed by atoms with Crippen molar-refractivity contribution >= 4 is 0 Å². The van der Waals surface area contributed by atoms with Crippen molar-refractivity contribution in [2.24, 2.45) is 0 Å². The molecule has 0 N–H and O–H groups in total. The average Bonchev–Trinajstić information content (AvgIpc) is 3.06. The van der Waals surface area contributed by atoms with Crippen molar-refractivity contribution in [3.63, 3.8) is 0 Å². The Balaban J connectivity index is 1.82. The van der Waals surface area contributed by atoms with Gasteiger partial charge in [-0.15, -0.1) is 0 Å². The summed E-state index contributed by atoms with van der Waals surface area (Å²) >= 11 is 0.